The van der Waals surface area contributed by atoms with Crippen molar-refractivity contribution in [2.75, 3.05) is 49.0 Å². The van der Waals surface area contributed by atoms with E-state index in [1.807, 2.05) is 11.0 Å². The molecule has 0 aliphatic carbocycles. The Balaban J connectivity index is 1.80. The van der Waals surface area contributed by atoms with Crippen molar-refractivity contribution in [3.05, 3.63) is 77.6 Å². The first-order chi connectivity index (χ1) is 18.8. The standard InChI is InChI=1S/C27H24F4N4O4S/c1-33(17-26(36)37)9-10-34-11-12-35(40(38,39)21-4-2-3-20(15-21)27(29,30)31)25-14-19(6-8-24(25)34)22-13-18(16-32)5-7-23(22)28/h2-8,13-15H,9-12,17H2,1H3,(H,36,37). The minimum atomic E-state index is -4.75. The average Bonchev–Trinajstić information content (AvgIpc) is 2.90. The highest BCUT2D eigenvalue weighted by Gasteiger charge is 2.35. The van der Waals surface area contributed by atoms with Gasteiger partial charge in [0.2, 0.25) is 0 Å². The van der Waals surface area contributed by atoms with Gasteiger partial charge in [-0.3, -0.25) is 14.0 Å². The van der Waals surface area contributed by atoms with Gasteiger partial charge in [-0.2, -0.15) is 18.4 Å². The summed E-state index contributed by atoms with van der Waals surface area (Å²) in [4.78, 5) is 13.9. The van der Waals surface area contributed by atoms with E-state index in [0.717, 1.165) is 28.6 Å². The van der Waals surface area contributed by atoms with Crippen molar-refractivity contribution >= 4 is 27.4 Å². The number of fused-ring (bicyclic) bond motifs is 1. The third kappa shape index (κ3) is 6.03. The van der Waals surface area contributed by atoms with Gasteiger partial charge >= 0.3 is 12.1 Å². The van der Waals surface area contributed by atoms with Gasteiger partial charge in [-0.1, -0.05) is 12.1 Å². The van der Waals surface area contributed by atoms with Crippen LogP contribution in [-0.4, -0.2) is 64.2 Å². The van der Waals surface area contributed by atoms with Crippen LogP contribution in [-0.2, 0) is 21.0 Å². The zero-order valence-electron chi connectivity index (χ0n) is 21.2. The first-order valence-electron chi connectivity index (χ1n) is 12.0. The minimum absolute atomic E-state index is 0.0524. The van der Waals surface area contributed by atoms with Crippen molar-refractivity contribution in [1.82, 2.24) is 4.90 Å². The van der Waals surface area contributed by atoms with Gasteiger partial charge in [-0.25, -0.2) is 12.8 Å². The maximum Gasteiger partial charge on any atom is 0.416 e. The average molecular weight is 577 g/mol. The molecule has 13 heteroatoms. The summed E-state index contributed by atoms with van der Waals surface area (Å²) >= 11 is 0. The van der Waals surface area contributed by atoms with E-state index in [1.54, 1.807) is 24.1 Å². The maximum absolute atomic E-state index is 14.8. The van der Waals surface area contributed by atoms with E-state index < -0.39 is 38.4 Å². The summed E-state index contributed by atoms with van der Waals surface area (Å²) in [5.74, 6) is -1.65. The van der Waals surface area contributed by atoms with E-state index in [-0.39, 0.29) is 42.0 Å². The molecule has 3 aromatic carbocycles. The maximum atomic E-state index is 14.8. The number of aliphatic carboxylic acids is 1. The highest BCUT2D eigenvalue weighted by molar-refractivity contribution is 7.92. The lowest BCUT2D eigenvalue weighted by atomic mass is 10.0. The van der Waals surface area contributed by atoms with Gasteiger partial charge in [0, 0.05) is 25.2 Å². The summed E-state index contributed by atoms with van der Waals surface area (Å²) in [6.07, 6.45) is -4.75. The molecular weight excluding hydrogens is 552 g/mol. The molecule has 0 fully saturated rings. The molecule has 0 atom stereocenters. The van der Waals surface area contributed by atoms with E-state index >= 15 is 0 Å². The highest BCUT2D eigenvalue weighted by Crippen LogP contribution is 2.40. The normalized spacial score (nSPS) is 13.7. The first-order valence-corrected chi connectivity index (χ1v) is 13.4. The number of hydrogen-bond donors (Lipinski definition) is 1. The molecule has 1 heterocycles. The van der Waals surface area contributed by atoms with E-state index in [0.29, 0.717) is 24.8 Å². The molecule has 0 saturated heterocycles. The summed E-state index contributed by atoms with van der Waals surface area (Å²) < 4.78 is 83.2. The fraction of sp³-hybridized carbons (Fsp3) is 0.259. The van der Waals surface area contributed by atoms with Crippen LogP contribution in [0.25, 0.3) is 11.1 Å². The van der Waals surface area contributed by atoms with Gasteiger partial charge in [-0.15, -0.1) is 0 Å². The largest absolute Gasteiger partial charge is 0.480 e. The molecule has 1 aliphatic heterocycles. The lowest BCUT2D eigenvalue weighted by Crippen LogP contribution is -2.46. The molecule has 3 aromatic rings. The molecule has 0 spiro atoms. The molecule has 1 aliphatic rings. The smallest absolute Gasteiger partial charge is 0.416 e. The van der Waals surface area contributed by atoms with Crippen LogP contribution in [0, 0.1) is 17.1 Å². The number of alkyl halides is 3. The molecule has 0 unspecified atom stereocenters. The molecule has 0 amide bonds. The van der Waals surface area contributed by atoms with Gasteiger partial charge in [0.15, 0.2) is 0 Å². The summed E-state index contributed by atoms with van der Waals surface area (Å²) in [5, 5.41) is 18.3. The quantitative estimate of drug-likeness (QED) is 0.396. The lowest BCUT2D eigenvalue weighted by molar-refractivity contribution is -0.138. The number of halogens is 4. The van der Waals surface area contributed by atoms with Crippen LogP contribution in [0.15, 0.2) is 65.6 Å². The molecular formula is C27H24F4N4O4S. The summed E-state index contributed by atoms with van der Waals surface area (Å²) in [6, 6.07) is 13.7. The number of nitrogens with zero attached hydrogens (tertiary/aromatic N) is 4. The monoisotopic (exact) mass is 576 g/mol. The predicted octanol–water partition coefficient (Wildman–Crippen LogP) is 4.41. The van der Waals surface area contributed by atoms with Crippen molar-refractivity contribution in [3.63, 3.8) is 0 Å². The molecule has 0 aromatic heterocycles. The Morgan fingerprint density at radius 1 is 1.07 bits per heavy atom. The van der Waals surface area contributed by atoms with Crippen LogP contribution in [0.5, 0.6) is 0 Å². The van der Waals surface area contributed by atoms with Crippen molar-refractivity contribution in [3.8, 4) is 17.2 Å². The number of benzene rings is 3. The number of rotatable bonds is 8. The second-order valence-electron chi connectivity index (χ2n) is 9.23. The second kappa shape index (κ2) is 11.1. The first kappa shape index (κ1) is 28.8. The van der Waals surface area contributed by atoms with E-state index in [1.165, 1.54) is 18.2 Å². The van der Waals surface area contributed by atoms with E-state index in [2.05, 4.69) is 0 Å². The van der Waals surface area contributed by atoms with Crippen molar-refractivity contribution < 1.29 is 35.9 Å². The molecule has 0 saturated carbocycles. The van der Waals surface area contributed by atoms with Gasteiger partial charge in [0.05, 0.1) is 46.6 Å². The fourth-order valence-electron chi connectivity index (χ4n) is 4.47. The Hall–Kier alpha value is -4.15. The molecule has 4 rings (SSSR count). The number of carbonyl (C=O) groups is 1. The Morgan fingerprint density at radius 3 is 2.50 bits per heavy atom. The number of likely N-dealkylation sites (N-methyl/N-ethyl adjacent to an activating group) is 1. The summed E-state index contributed by atoms with van der Waals surface area (Å²) in [7, 11) is -2.86. The van der Waals surface area contributed by atoms with Crippen LogP contribution in [0.1, 0.15) is 11.1 Å². The van der Waals surface area contributed by atoms with Gasteiger partial charge in [0.25, 0.3) is 10.0 Å². The van der Waals surface area contributed by atoms with Crippen LogP contribution < -0.4 is 9.21 Å². The zero-order chi connectivity index (χ0) is 29.2. The number of anilines is 2. The molecule has 1 N–H and O–H groups in total. The Labute approximate surface area is 228 Å². The summed E-state index contributed by atoms with van der Waals surface area (Å²) in [5.41, 5.74) is -0.0716. The Bertz CT molecular complexity index is 1590. The molecule has 0 radical (unpaired) electrons. The Kier molecular flexibility index (Phi) is 8.04. The predicted molar refractivity (Wildman–Crippen MR) is 140 cm³/mol. The van der Waals surface area contributed by atoms with Crippen molar-refractivity contribution in [2.24, 2.45) is 0 Å². The summed E-state index contributed by atoms with van der Waals surface area (Å²) in [6.45, 7) is 0.491. The third-order valence-corrected chi connectivity index (χ3v) is 8.28. The molecule has 0 bridgehead atoms. The van der Waals surface area contributed by atoms with Gasteiger partial charge in [-0.05, 0) is 61.1 Å². The van der Waals surface area contributed by atoms with Gasteiger partial charge in [0.1, 0.15) is 5.82 Å². The lowest BCUT2D eigenvalue weighted by Gasteiger charge is -2.39. The number of sulfonamides is 1. The van der Waals surface area contributed by atoms with Crippen LogP contribution in [0.2, 0.25) is 0 Å². The topological polar surface area (TPSA) is 105 Å². The SMILES string of the molecule is CN(CCN1CCN(S(=O)(=O)c2cccc(C(F)(F)F)c2)c2cc(-c3cc(C#N)ccc3F)ccc21)CC(=O)O. The number of hydrogen-bond acceptors (Lipinski definition) is 6. The molecule has 8 nitrogen and oxygen atoms in total. The molecule has 210 valence electrons. The van der Waals surface area contributed by atoms with Crippen LogP contribution in [0.4, 0.5) is 28.9 Å². The number of carboxylic acid groups (broad SMARTS) is 1. The van der Waals surface area contributed by atoms with Crippen LogP contribution in [0.3, 0.4) is 0 Å². The number of carboxylic acids is 1. The minimum Gasteiger partial charge on any atom is -0.480 e. The van der Waals surface area contributed by atoms with Gasteiger partial charge < -0.3 is 10.0 Å². The molecule has 40 heavy (non-hydrogen) atoms. The van der Waals surface area contributed by atoms with E-state index in [4.69, 9.17) is 5.11 Å². The number of nitriles is 1. The fourth-order valence-corrected chi connectivity index (χ4v) is 5.98. The third-order valence-electron chi connectivity index (χ3n) is 6.47. The van der Waals surface area contributed by atoms with Crippen molar-refractivity contribution in [2.45, 2.75) is 11.1 Å². The Morgan fingerprint density at radius 2 is 1.82 bits per heavy atom. The van der Waals surface area contributed by atoms with E-state index in [9.17, 15) is 36.0 Å². The van der Waals surface area contributed by atoms with Crippen LogP contribution >= 0.6 is 0 Å². The van der Waals surface area contributed by atoms with Crippen molar-refractivity contribution in [1.29, 1.82) is 5.26 Å². The zero-order valence-corrected chi connectivity index (χ0v) is 22.0. The second-order valence-corrected chi connectivity index (χ2v) is 11.1. The highest BCUT2D eigenvalue weighted by atomic mass is 32.2.